The second kappa shape index (κ2) is 9.44. The summed E-state index contributed by atoms with van der Waals surface area (Å²) in [5, 5.41) is 3.19. The molecule has 1 aliphatic rings. The molecule has 0 unspecified atom stereocenters. The maximum atomic E-state index is 13.2. The number of carbonyl (C=O) groups excluding carboxylic acids is 2. The average molecular weight is 501 g/mol. The van der Waals surface area contributed by atoms with Gasteiger partial charge in [-0.1, -0.05) is 38.2 Å². The predicted molar refractivity (Wildman–Crippen MR) is 135 cm³/mol. The van der Waals surface area contributed by atoms with Crippen LogP contribution in [0.2, 0.25) is 0 Å². The van der Waals surface area contributed by atoms with E-state index in [1.54, 1.807) is 37.8 Å². The molecule has 0 aliphatic carbocycles. The highest BCUT2D eigenvalue weighted by Gasteiger charge is 2.31. The molecule has 2 N–H and O–H groups in total. The molecule has 0 saturated carbocycles. The van der Waals surface area contributed by atoms with E-state index in [0.717, 1.165) is 27.0 Å². The van der Waals surface area contributed by atoms with Crippen LogP contribution in [0.25, 0.3) is 10.2 Å². The Morgan fingerprint density at radius 3 is 2.65 bits per heavy atom. The van der Waals surface area contributed by atoms with Gasteiger partial charge in [0.15, 0.2) is 5.13 Å². The van der Waals surface area contributed by atoms with Gasteiger partial charge in [0.1, 0.15) is 6.04 Å². The van der Waals surface area contributed by atoms with E-state index in [9.17, 15) is 18.0 Å². The molecule has 8 nitrogen and oxygen atoms in total. The SMILES string of the molecule is CCC(=O)N1CCc2cc(S(=O)(=O)N[C@H](C(=O)Nc3nc4ccc(C)cc4s3)C(C)C)ccc21. The fourth-order valence-corrected chi connectivity index (χ4v) is 6.35. The van der Waals surface area contributed by atoms with E-state index >= 15 is 0 Å². The molecular weight excluding hydrogens is 472 g/mol. The summed E-state index contributed by atoms with van der Waals surface area (Å²) in [5.41, 5.74) is 3.43. The number of rotatable bonds is 7. The number of amides is 2. The topological polar surface area (TPSA) is 108 Å². The van der Waals surface area contributed by atoms with Gasteiger partial charge in [0, 0.05) is 18.7 Å². The molecule has 2 aromatic carbocycles. The van der Waals surface area contributed by atoms with E-state index in [2.05, 4.69) is 15.0 Å². The number of benzene rings is 2. The van der Waals surface area contributed by atoms with Crippen molar-refractivity contribution in [1.29, 1.82) is 0 Å². The highest BCUT2D eigenvalue weighted by Crippen LogP contribution is 2.31. The number of aromatic nitrogens is 1. The van der Waals surface area contributed by atoms with Crippen molar-refractivity contribution in [3.05, 3.63) is 47.5 Å². The number of nitrogens with zero attached hydrogens (tertiary/aromatic N) is 2. The summed E-state index contributed by atoms with van der Waals surface area (Å²) in [6, 6.07) is 9.59. The van der Waals surface area contributed by atoms with Crippen molar-refractivity contribution < 1.29 is 18.0 Å². The first-order chi connectivity index (χ1) is 16.1. The Morgan fingerprint density at radius 1 is 1.18 bits per heavy atom. The molecule has 0 saturated heterocycles. The second-order valence-electron chi connectivity index (χ2n) is 8.76. The minimum atomic E-state index is -3.97. The minimum absolute atomic E-state index is 0.00836. The van der Waals surface area contributed by atoms with Crippen LogP contribution in [0.3, 0.4) is 0 Å². The van der Waals surface area contributed by atoms with Crippen LogP contribution in [0.15, 0.2) is 41.3 Å². The molecule has 34 heavy (non-hydrogen) atoms. The summed E-state index contributed by atoms with van der Waals surface area (Å²) in [6.07, 6.45) is 0.982. The van der Waals surface area contributed by atoms with E-state index in [-0.39, 0.29) is 16.7 Å². The molecule has 180 valence electrons. The van der Waals surface area contributed by atoms with Crippen LogP contribution in [0.1, 0.15) is 38.3 Å². The maximum Gasteiger partial charge on any atom is 0.244 e. The Hall–Kier alpha value is -2.82. The monoisotopic (exact) mass is 500 g/mol. The van der Waals surface area contributed by atoms with Gasteiger partial charge >= 0.3 is 0 Å². The summed E-state index contributed by atoms with van der Waals surface area (Å²) < 4.78 is 29.9. The number of aryl methyl sites for hydroxylation is 1. The minimum Gasteiger partial charge on any atom is -0.312 e. The first-order valence-electron chi connectivity index (χ1n) is 11.2. The van der Waals surface area contributed by atoms with Gasteiger partial charge < -0.3 is 10.2 Å². The first kappa shape index (κ1) is 24.3. The predicted octanol–water partition coefficient (Wildman–Crippen LogP) is 3.85. The molecule has 10 heteroatoms. The third-order valence-corrected chi connectivity index (χ3v) is 8.24. The zero-order chi connectivity index (χ0) is 24.6. The first-order valence-corrected chi connectivity index (χ1v) is 13.5. The summed E-state index contributed by atoms with van der Waals surface area (Å²) in [7, 11) is -3.97. The van der Waals surface area contributed by atoms with Crippen LogP contribution in [-0.4, -0.2) is 37.8 Å². The Kier molecular flexibility index (Phi) is 6.75. The van der Waals surface area contributed by atoms with Crippen molar-refractivity contribution in [2.75, 3.05) is 16.8 Å². The lowest BCUT2D eigenvalue weighted by atomic mass is 10.1. The maximum absolute atomic E-state index is 13.2. The molecule has 4 rings (SSSR count). The van der Waals surface area contributed by atoms with Gasteiger partial charge in [0.2, 0.25) is 21.8 Å². The highest BCUT2D eigenvalue weighted by atomic mass is 32.2. The molecule has 0 spiro atoms. The Bertz CT molecular complexity index is 1360. The number of thiazole rings is 1. The summed E-state index contributed by atoms with van der Waals surface area (Å²) in [6.45, 7) is 7.89. The Morgan fingerprint density at radius 2 is 1.94 bits per heavy atom. The van der Waals surface area contributed by atoms with Gasteiger partial charge in [-0.2, -0.15) is 4.72 Å². The molecule has 0 radical (unpaired) electrons. The quantitative estimate of drug-likeness (QED) is 0.512. The molecular formula is C24H28N4O4S2. The molecule has 1 atom stereocenters. The lowest BCUT2D eigenvalue weighted by Gasteiger charge is -2.21. The number of sulfonamides is 1. The van der Waals surface area contributed by atoms with E-state index in [0.29, 0.717) is 24.5 Å². The largest absolute Gasteiger partial charge is 0.312 e. The molecule has 3 aromatic rings. The molecule has 0 fully saturated rings. The van der Waals surface area contributed by atoms with Crippen LogP contribution in [0, 0.1) is 12.8 Å². The Balaban J connectivity index is 1.53. The Labute approximate surface area is 203 Å². The highest BCUT2D eigenvalue weighted by molar-refractivity contribution is 7.89. The number of anilines is 2. The van der Waals surface area contributed by atoms with Gasteiger partial charge in [0.05, 0.1) is 15.1 Å². The van der Waals surface area contributed by atoms with Gasteiger partial charge in [-0.25, -0.2) is 13.4 Å². The van der Waals surface area contributed by atoms with Gasteiger partial charge in [-0.15, -0.1) is 0 Å². The van der Waals surface area contributed by atoms with Crippen LogP contribution in [-0.2, 0) is 26.0 Å². The number of fused-ring (bicyclic) bond motifs is 2. The average Bonchev–Trinajstić information content (AvgIpc) is 3.39. The third kappa shape index (κ3) is 4.84. The fourth-order valence-electron chi connectivity index (χ4n) is 3.99. The van der Waals surface area contributed by atoms with Crippen LogP contribution in [0.5, 0.6) is 0 Å². The number of hydrogen-bond acceptors (Lipinski definition) is 6. The summed E-state index contributed by atoms with van der Waals surface area (Å²) in [4.78, 5) is 31.3. The van der Waals surface area contributed by atoms with Crippen molar-refractivity contribution >= 4 is 54.2 Å². The van der Waals surface area contributed by atoms with Gasteiger partial charge in [-0.05, 0) is 60.7 Å². The van der Waals surface area contributed by atoms with Gasteiger partial charge in [-0.3, -0.25) is 9.59 Å². The van der Waals surface area contributed by atoms with E-state index in [1.165, 1.54) is 17.4 Å². The third-order valence-electron chi connectivity index (χ3n) is 5.87. The molecule has 1 aromatic heterocycles. The van der Waals surface area contributed by atoms with Gasteiger partial charge in [0.25, 0.3) is 0 Å². The van der Waals surface area contributed by atoms with Crippen molar-refractivity contribution in [3.8, 4) is 0 Å². The van der Waals surface area contributed by atoms with Crippen LogP contribution < -0.4 is 14.9 Å². The molecule has 0 bridgehead atoms. The summed E-state index contributed by atoms with van der Waals surface area (Å²) >= 11 is 1.35. The molecule has 2 amide bonds. The molecule has 1 aliphatic heterocycles. The van der Waals surface area contributed by atoms with Crippen molar-refractivity contribution in [1.82, 2.24) is 9.71 Å². The number of hydrogen-bond donors (Lipinski definition) is 2. The zero-order valence-electron chi connectivity index (χ0n) is 19.6. The number of carbonyl (C=O) groups is 2. The second-order valence-corrected chi connectivity index (χ2v) is 11.5. The standard InChI is InChI=1S/C24H28N4O4S2/c1-5-21(29)28-11-10-16-13-17(7-9-19(16)28)34(31,32)27-22(14(2)3)23(30)26-24-25-18-8-6-15(4)12-20(18)33-24/h6-9,12-14,22,27H,5,10-11H2,1-4H3,(H,25,26,30)/t22-/m0/s1. The van der Waals surface area contributed by atoms with E-state index < -0.39 is 22.0 Å². The smallest absolute Gasteiger partial charge is 0.244 e. The van der Waals surface area contributed by atoms with Crippen LogP contribution >= 0.6 is 11.3 Å². The lowest BCUT2D eigenvalue weighted by Crippen LogP contribution is -2.47. The lowest BCUT2D eigenvalue weighted by molar-refractivity contribution is -0.119. The van der Waals surface area contributed by atoms with Crippen molar-refractivity contribution in [3.63, 3.8) is 0 Å². The van der Waals surface area contributed by atoms with Crippen molar-refractivity contribution in [2.45, 2.75) is 51.5 Å². The summed E-state index contributed by atoms with van der Waals surface area (Å²) in [5.74, 6) is -0.747. The zero-order valence-corrected chi connectivity index (χ0v) is 21.2. The fraction of sp³-hybridized carbons (Fsp3) is 0.375. The number of nitrogens with one attached hydrogen (secondary N) is 2. The molecule has 2 heterocycles. The van der Waals surface area contributed by atoms with E-state index in [1.807, 2.05) is 25.1 Å². The normalized spacial score (nSPS) is 14.4. The van der Waals surface area contributed by atoms with Crippen LogP contribution in [0.4, 0.5) is 10.8 Å². The van der Waals surface area contributed by atoms with E-state index in [4.69, 9.17) is 0 Å². The van der Waals surface area contributed by atoms with Crippen molar-refractivity contribution in [2.24, 2.45) is 5.92 Å².